The van der Waals surface area contributed by atoms with Gasteiger partial charge in [0.25, 0.3) is 0 Å². The van der Waals surface area contributed by atoms with Gasteiger partial charge in [-0.2, -0.15) is 5.26 Å². The molecular weight excluding hydrogens is 188 g/mol. The van der Waals surface area contributed by atoms with E-state index in [1.165, 1.54) is 25.7 Å². The summed E-state index contributed by atoms with van der Waals surface area (Å²) in [7, 11) is 0. The molecule has 1 aliphatic heterocycles. The molecule has 2 aliphatic rings. The highest BCUT2D eigenvalue weighted by Crippen LogP contribution is 2.45. The zero-order valence-electron chi connectivity index (χ0n) is 9.33. The molecule has 2 fully saturated rings. The maximum atomic E-state index is 11.4. The van der Waals surface area contributed by atoms with Crippen LogP contribution in [-0.2, 0) is 4.79 Å². The van der Waals surface area contributed by atoms with Crippen LogP contribution in [0.3, 0.4) is 0 Å². The fourth-order valence-corrected chi connectivity index (χ4v) is 2.81. The van der Waals surface area contributed by atoms with E-state index in [-0.39, 0.29) is 12.3 Å². The minimum absolute atomic E-state index is 0.0155. The smallest absolute Gasteiger partial charge is 0.236 e. The number of nitriles is 1. The van der Waals surface area contributed by atoms with Crippen molar-refractivity contribution in [2.75, 3.05) is 13.1 Å². The fourth-order valence-electron chi connectivity index (χ4n) is 2.81. The van der Waals surface area contributed by atoms with Crippen LogP contribution in [0.2, 0.25) is 0 Å². The topological polar surface area (TPSA) is 44.1 Å². The zero-order chi connectivity index (χ0) is 10.9. The van der Waals surface area contributed by atoms with Gasteiger partial charge in [-0.15, -0.1) is 0 Å². The predicted molar refractivity (Wildman–Crippen MR) is 56.9 cm³/mol. The molecule has 15 heavy (non-hydrogen) atoms. The Morgan fingerprint density at radius 2 is 2.07 bits per heavy atom. The number of nitrogens with zero attached hydrogens (tertiary/aromatic N) is 2. The number of hydrogen-bond donors (Lipinski definition) is 0. The van der Waals surface area contributed by atoms with Gasteiger partial charge in [0.05, 0.1) is 6.07 Å². The van der Waals surface area contributed by atoms with Gasteiger partial charge in [-0.25, -0.2) is 0 Å². The van der Waals surface area contributed by atoms with Crippen LogP contribution < -0.4 is 0 Å². The van der Waals surface area contributed by atoms with Crippen molar-refractivity contribution < 1.29 is 4.79 Å². The summed E-state index contributed by atoms with van der Waals surface area (Å²) in [5.74, 6) is 0.876. The third kappa shape index (κ3) is 1.99. The number of carbonyl (C=O) groups is 1. The molecule has 0 N–H and O–H groups in total. The summed E-state index contributed by atoms with van der Waals surface area (Å²) < 4.78 is 0. The average Bonchev–Trinajstić information content (AvgIpc) is 2.16. The SMILES string of the molecule is CC1CCC2(CC1)CN(C(=O)CC#N)C2. The van der Waals surface area contributed by atoms with E-state index in [4.69, 9.17) is 5.26 Å². The Bertz CT molecular complexity index is 289. The van der Waals surface area contributed by atoms with E-state index < -0.39 is 0 Å². The first-order valence-corrected chi connectivity index (χ1v) is 5.80. The normalized spacial score (nSPS) is 24.7. The quantitative estimate of drug-likeness (QED) is 0.658. The van der Waals surface area contributed by atoms with Crippen LogP contribution in [0.15, 0.2) is 0 Å². The Labute approximate surface area is 91.1 Å². The molecule has 1 amide bonds. The van der Waals surface area contributed by atoms with Crippen molar-refractivity contribution in [1.82, 2.24) is 4.90 Å². The molecule has 1 spiro atoms. The lowest BCUT2D eigenvalue weighted by atomic mass is 9.66. The van der Waals surface area contributed by atoms with Gasteiger partial charge in [0.15, 0.2) is 0 Å². The molecule has 0 bridgehead atoms. The van der Waals surface area contributed by atoms with E-state index in [1.54, 1.807) is 0 Å². The molecule has 3 heteroatoms. The number of likely N-dealkylation sites (tertiary alicyclic amines) is 1. The highest BCUT2D eigenvalue weighted by molar-refractivity contribution is 5.79. The van der Waals surface area contributed by atoms with Crippen molar-refractivity contribution >= 4 is 5.91 Å². The van der Waals surface area contributed by atoms with Gasteiger partial charge in [0.1, 0.15) is 6.42 Å². The highest BCUT2D eigenvalue weighted by atomic mass is 16.2. The van der Waals surface area contributed by atoms with Gasteiger partial charge < -0.3 is 4.90 Å². The first-order valence-electron chi connectivity index (χ1n) is 5.80. The molecule has 1 saturated heterocycles. The second-order valence-corrected chi connectivity index (χ2v) is 5.27. The van der Waals surface area contributed by atoms with Crippen molar-refractivity contribution in [3.63, 3.8) is 0 Å². The molecule has 1 heterocycles. The maximum absolute atomic E-state index is 11.4. The highest BCUT2D eigenvalue weighted by Gasteiger charge is 2.45. The van der Waals surface area contributed by atoms with Gasteiger partial charge >= 0.3 is 0 Å². The summed E-state index contributed by atoms with van der Waals surface area (Å²) in [5, 5.41) is 8.44. The summed E-state index contributed by atoms with van der Waals surface area (Å²) >= 11 is 0. The molecule has 0 atom stereocenters. The minimum Gasteiger partial charge on any atom is -0.341 e. The van der Waals surface area contributed by atoms with Gasteiger partial charge in [-0.3, -0.25) is 4.79 Å². The van der Waals surface area contributed by atoms with Crippen LogP contribution >= 0.6 is 0 Å². The monoisotopic (exact) mass is 206 g/mol. The summed E-state index contributed by atoms with van der Waals surface area (Å²) in [6, 6.07) is 1.92. The molecule has 3 nitrogen and oxygen atoms in total. The predicted octanol–water partition coefficient (Wildman–Crippen LogP) is 1.94. The average molecular weight is 206 g/mol. The summed E-state index contributed by atoms with van der Waals surface area (Å²) in [4.78, 5) is 13.3. The second kappa shape index (κ2) is 3.84. The molecule has 1 saturated carbocycles. The molecule has 0 radical (unpaired) electrons. The van der Waals surface area contributed by atoms with Crippen LogP contribution in [0.5, 0.6) is 0 Å². The van der Waals surface area contributed by atoms with Crippen molar-refractivity contribution in [2.45, 2.75) is 39.0 Å². The largest absolute Gasteiger partial charge is 0.341 e. The first kappa shape index (κ1) is 10.5. The van der Waals surface area contributed by atoms with Gasteiger partial charge in [-0.1, -0.05) is 19.8 Å². The number of amides is 1. The number of rotatable bonds is 1. The summed E-state index contributed by atoms with van der Waals surface area (Å²) in [6.45, 7) is 4.12. The van der Waals surface area contributed by atoms with E-state index in [1.807, 2.05) is 11.0 Å². The molecule has 0 unspecified atom stereocenters. The minimum atomic E-state index is 0.0155. The Hall–Kier alpha value is -1.04. The lowest BCUT2D eigenvalue weighted by molar-refractivity contribution is -0.145. The Kier molecular flexibility index (Phi) is 2.68. The first-order chi connectivity index (χ1) is 7.15. The Morgan fingerprint density at radius 1 is 1.47 bits per heavy atom. The van der Waals surface area contributed by atoms with Crippen molar-refractivity contribution in [3.05, 3.63) is 0 Å². The lowest BCUT2D eigenvalue weighted by Crippen LogP contribution is -2.59. The molecular formula is C12H18N2O. The summed E-state index contributed by atoms with van der Waals surface area (Å²) in [6.07, 6.45) is 5.20. The van der Waals surface area contributed by atoms with Crippen LogP contribution in [0, 0.1) is 22.7 Å². The van der Waals surface area contributed by atoms with Gasteiger partial charge in [-0.05, 0) is 18.8 Å². The number of carbonyl (C=O) groups excluding carboxylic acids is 1. The van der Waals surface area contributed by atoms with Crippen LogP contribution in [0.4, 0.5) is 0 Å². The van der Waals surface area contributed by atoms with Crippen molar-refractivity contribution in [3.8, 4) is 6.07 Å². The molecule has 0 aromatic carbocycles. The van der Waals surface area contributed by atoms with E-state index in [9.17, 15) is 4.79 Å². The third-order valence-electron chi connectivity index (χ3n) is 3.97. The molecule has 0 aromatic heterocycles. The third-order valence-corrected chi connectivity index (χ3v) is 3.97. The van der Waals surface area contributed by atoms with Crippen LogP contribution in [-0.4, -0.2) is 23.9 Å². The zero-order valence-corrected chi connectivity index (χ0v) is 9.33. The summed E-state index contributed by atoms with van der Waals surface area (Å²) in [5.41, 5.74) is 0.428. The molecule has 82 valence electrons. The van der Waals surface area contributed by atoms with Crippen molar-refractivity contribution in [2.24, 2.45) is 11.3 Å². The molecule has 2 rings (SSSR count). The fraction of sp³-hybridized carbons (Fsp3) is 0.833. The Morgan fingerprint density at radius 3 is 2.60 bits per heavy atom. The van der Waals surface area contributed by atoms with E-state index in [2.05, 4.69) is 6.92 Å². The van der Waals surface area contributed by atoms with Gasteiger partial charge in [0, 0.05) is 18.5 Å². The number of hydrogen-bond acceptors (Lipinski definition) is 2. The standard InChI is InChI=1S/C12H18N2O/c1-10-2-5-12(6-3-10)8-14(9-12)11(15)4-7-13/h10H,2-6,8-9H2,1H3. The van der Waals surface area contributed by atoms with Crippen molar-refractivity contribution in [1.29, 1.82) is 5.26 Å². The Balaban J connectivity index is 1.82. The van der Waals surface area contributed by atoms with Crippen LogP contribution in [0.1, 0.15) is 39.0 Å². The van der Waals surface area contributed by atoms with E-state index >= 15 is 0 Å². The second-order valence-electron chi connectivity index (χ2n) is 5.27. The van der Waals surface area contributed by atoms with E-state index in [0.29, 0.717) is 5.41 Å². The molecule has 1 aliphatic carbocycles. The van der Waals surface area contributed by atoms with Crippen LogP contribution in [0.25, 0.3) is 0 Å². The van der Waals surface area contributed by atoms with E-state index in [0.717, 1.165) is 19.0 Å². The maximum Gasteiger partial charge on any atom is 0.236 e. The lowest BCUT2D eigenvalue weighted by Gasteiger charge is -2.53. The van der Waals surface area contributed by atoms with Gasteiger partial charge in [0.2, 0.25) is 5.91 Å². The molecule has 0 aromatic rings.